The summed E-state index contributed by atoms with van der Waals surface area (Å²) in [7, 11) is 0. The predicted octanol–water partition coefficient (Wildman–Crippen LogP) is 4.09. The van der Waals surface area contributed by atoms with Gasteiger partial charge >= 0.3 is 0 Å². The molecule has 0 aliphatic rings. The first-order valence-electron chi connectivity index (χ1n) is 6.63. The molecule has 0 aliphatic heterocycles. The van der Waals surface area contributed by atoms with E-state index in [1.807, 2.05) is 19.1 Å². The summed E-state index contributed by atoms with van der Waals surface area (Å²) >= 11 is 3.58. The van der Waals surface area contributed by atoms with Crippen LogP contribution in [0.3, 0.4) is 0 Å². The Labute approximate surface area is 127 Å². The first kappa shape index (κ1) is 14.8. The lowest BCUT2D eigenvalue weighted by atomic mass is 10.2. The van der Waals surface area contributed by atoms with E-state index >= 15 is 0 Å². The molecule has 0 amide bonds. The Kier molecular flexibility index (Phi) is 5.35. The van der Waals surface area contributed by atoms with E-state index in [9.17, 15) is 0 Å². The van der Waals surface area contributed by atoms with Crippen LogP contribution in [0.25, 0.3) is 11.4 Å². The average molecular weight is 337 g/mol. The van der Waals surface area contributed by atoms with Gasteiger partial charge in [0.2, 0.25) is 0 Å². The zero-order valence-electron chi connectivity index (χ0n) is 11.6. The minimum atomic E-state index is 0.593. The third-order valence-corrected chi connectivity index (χ3v) is 3.41. The smallest absolute Gasteiger partial charge is 0.176 e. The molecule has 0 saturated carbocycles. The molecule has 5 heteroatoms. The van der Waals surface area contributed by atoms with Crippen LogP contribution in [0.4, 0.5) is 0 Å². The first-order valence-corrected chi connectivity index (χ1v) is 7.42. The average Bonchev–Trinajstić information content (AvgIpc) is 2.48. The third kappa shape index (κ3) is 3.28. The Morgan fingerprint density at radius 3 is 2.50 bits per heavy atom. The van der Waals surface area contributed by atoms with Crippen molar-refractivity contribution in [2.45, 2.75) is 20.3 Å². The number of ether oxygens (including phenoxy) is 2. The van der Waals surface area contributed by atoms with Gasteiger partial charge in [0.15, 0.2) is 17.3 Å². The molecule has 0 fully saturated rings. The second kappa shape index (κ2) is 7.24. The highest BCUT2D eigenvalue weighted by Crippen LogP contribution is 2.41. The van der Waals surface area contributed by atoms with Gasteiger partial charge in [-0.2, -0.15) is 0 Å². The number of hydrogen-bond acceptors (Lipinski definition) is 4. The quantitative estimate of drug-likeness (QED) is 0.796. The lowest BCUT2D eigenvalue weighted by molar-refractivity contribution is 0.275. The van der Waals surface area contributed by atoms with Crippen molar-refractivity contribution in [1.29, 1.82) is 0 Å². The van der Waals surface area contributed by atoms with Gasteiger partial charge in [-0.05, 0) is 47.5 Å². The fraction of sp³-hybridized carbons (Fsp3) is 0.333. The molecule has 2 rings (SSSR count). The molecule has 1 aromatic heterocycles. The Morgan fingerprint density at radius 2 is 1.85 bits per heavy atom. The van der Waals surface area contributed by atoms with Gasteiger partial charge in [0.25, 0.3) is 0 Å². The van der Waals surface area contributed by atoms with Crippen molar-refractivity contribution in [1.82, 2.24) is 9.97 Å². The maximum atomic E-state index is 5.80. The summed E-state index contributed by atoms with van der Waals surface area (Å²) in [5, 5.41) is 0. The van der Waals surface area contributed by atoms with Gasteiger partial charge < -0.3 is 9.47 Å². The molecule has 0 radical (unpaired) electrons. The van der Waals surface area contributed by atoms with Gasteiger partial charge in [0, 0.05) is 18.0 Å². The molecule has 1 aromatic carbocycles. The second-order valence-corrected chi connectivity index (χ2v) is 4.90. The number of hydrogen-bond donors (Lipinski definition) is 0. The standard InChI is InChI=1S/C15H17BrN2O2/c1-3-10-20-14-12(19-4-2)7-6-11(13(14)16)15-17-8-5-9-18-15/h5-9H,3-4,10H2,1-2H3. The fourth-order valence-corrected chi connectivity index (χ4v) is 2.38. The van der Waals surface area contributed by atoms with E-state index in [1.54, 1.807) is 18.5 Å². The van der Waals surface area contributed by atoms with Crippen molar-refractivity contribution < 1.29 is 9.47 Å². The number of nitrogens with zero attached hydrogens (tertiary/aromatic N) is 2. The third-order valence-electron chi connectivity index (χ3n) is 2.62. The van der Waals surface area contributed by atoms with E-state index in [0.29, 0.717) is 24.8 Å². The molecule has 1 heterocycles. The molecule has 20 heavy (non-hydrogen) atoms. The van der Waals surface area contributed by atoms with Gasteiger partial charge in [-0.25, -0.2) is 9.97 Å². The zero-order chi connectivity index (χ0) is 14.4. The molecule has 106 valence electrons. The Bertz CT molecular complexity index is 561. The van der Waals surface area contributed by atoms with Crippen molar-refractivity contribution in [2.24, 2.45) is 0 Å². The summed E-state index contributed by atoms with van der Waals surface area (Å²) in [5.41, 5.74) is 0.889. The van der Waals surface area contributed by atoms with Gasteiger partial charge in [-0.15, -0.1) is 0 Å². The van der Waals surface area contributed by atoms with Gasteiger partial charge in [0.1, 0.15) is 0 Å². The summed E-state index contributed by atoms with van der Waals surface area (Å²) in [5.74, 6) is 2.09. The SMILES string of the molecule is CCCOc1c(OCC)ccc(-c2ncccn2)c1Br. The maximum absolute atomic E-state index is 5.80. The minimum absolute atomic E-state index is 0.593. The van der Waals surface area contributed by atoms with Crippen molar-refractivity contribution in [3.8, 4) is 22.9 Å². The van der Waals surface area contributed by atoms with Crippen LogP contribution in [0.5, 0.6) is 11.5 Å². The van der Waals surface area contributed by atoms with E-state index in [2.05, 4.69) is 32.8 Å². The highest BCUT2D eigenvalue weighted by atomic mass is 79.9. The molecule has 0 aliphatic carbocycles. The van der Waals surface area contributed by atoms with Crippen molar-refractivity contribution in [2.75, 3.05) is 13.2 Å². The van der Waals surface area contributed by atoms with Crippen LogP contribution in [-0.4, -0.2) is 23.2 Å². The maximum Gasteiger partial charge on any atom is 0.176 e. The number of rotatable bonds is 6. The summed E-state index contributed by atoms with van der Waals surface area (Å²) in [6.45, 7) is 5.25. The second-order valence-electron chi connectivity index (χ2n) is 4.11. The summed E-state index contributed by atoms with van der Waals surface area (Å²) in [6.07, 6.45) is 4.37. The van der Waals surface area contributed by atoms with E-state index in [1.165, 1.54) is 0 Å². The Balaban J connectivity index is 2.45. The van der Waals surface area contributed by atoms with Crippen LogP contribution in [-0.2, 0) is 0 Å². The van der Waals surface area contributed by atoms with Crippen LogP contribution in [0.2, 0.25) is 0 Å². The molecule has 0 unspecified atom stereocenters. The van der Waals surface area contributed by atoms with Crippen LogP contribution in [0.15, 0.2) is 35.1 Å². The Morgan fingerprint density at radius 1 is 1.10 bits per heavy atom. The molecular weight excluding hydrogens is 320 g/mol. The van der Waals surface area contributed by atoms with Crippen LogP contribution in [0, 0.1) is 0 Å². The van der Waals surface area contributed by atoms with E-state index in [-0.39, 0.29) is 0 Å². The van der Waals surface area contributed by atoms with E-state index in [4.69, 9.17) is 9.47 Å². The van der Waals surface area contributed by atoms with Gasteiger partial charge in [0.05, 0.1) is 17.7 Å². The normalized spacial score (nSPS) is 10.3. The molecule has 0 saturated heterocycles. The molecule has 0 atom stereocenters. The molecule has 2 aromatic rings. The minimum Gasteiger partial charge on any atom is -0.490 e. The largest absolute Gasteiger partial charge is 0.490 e. The van der Waals surface area contributed by atoms with Crippen LogP contribution >= 0.6 is 15.9 Å². The topological polar surface area (TPSA) is 44.2 Å². The van der Waals surface area contributed by atoms with E-state index < -0.39 is 0 Å². The molecular formula is C15H17BrN2O2. The fourth-order valence-electron chi connectivity index (χ4n) is 1.76. The molecule has 0 spiro atoms. The first-order chi connectivity index (χ1) is 9.77. The van der Waals surface area contributed by atoms with Crippen LogP contribution in [0.1, 0.15) is 20.3 Å². The predicted molar refractivity (Wildman–Crippen MR) is 82.1 cm³/mol. The highest BCUT2D eigenvalue weighted by molar-refractivity contribution is 9.10. The van der Waals surface area contributed by atoms with Gasteiger partial charge in [-0.1, -0.05) is 6.92 Å². The van der Waals surface area contributed by atoms with Crippen molar-refractivity contribution >= 4 is 15.9 Å². The molecule has 0 N–H and O–H groups in total. The lowest BCUT2D eigenvalue weighted by Gasteiger charge is -2.15. The van der Waals surface area contributed by atoms with E-state index in [0.717, 1.165) is 22.2 Å². The molecule has 4 nitrogen and oxygen atoms in total. The summed E-state index contributed by atoms with van der Waals surface area (Å²) < 4.78 is 12.2. The lowest BCUT2D eigenvalue weighted by Crippen LogP contribution is -2.02. The highest BCUT2D eigenvalue weighted by Gasteiger charge is 2.16. The van der Waals surface area contributed by atoms with Crippen molar-refractivity contribution in [3.63, 3.8) is 0 Å². The van der Waals surface area contributed by atoms with Gasteiger partial charge in [-0.3, -0.25) is 0 Å². The zero-order valence-corrected chi connectivity index (χ0v) is 13.2. The van der Waals surface area contributed by atoms with Crippen LogP contribution < -0.4 is 9.47 Å². The number of aromatic nitrogens is 2. The monoisotopic (exact) mass is 336 g/mol. The summed E-state index contributed by atoms with van der Waals surface area (Å²) in [4.78, 5) is 8.54. The number of benzene rings is 1. The summed E-state index contributed by atoms with van der Waals surface area (Å²) in [6, 6.07) is 5.62. The molecule has 0 bridgehead atoms. The number of halogens is 1. The Hall–Kier alpha value is -1.62. The van der Waals surface area contributed by atoms with Crippen molar-refractivity contribution in [3.05, 3.63) is 35.1 Å².